The molecule has 2 atom stereocenters. The number of aliphatic imine (C=N–C) groups is 1. The third-order valence-electron chi connectivity index (χ3n) is 5.97. The maximum Gasteiger partial charge on any atom is 0.262 e. The first-order valence-corrected chi connectivity index (χ1v) is 12.8. The van der Waals surface area contributed by atoms with Crippen LogP contribution >= 0.6 is 23.4 Å². The SMILES string of the molecule is COc1ccc(C2=NN(C3=NC(=O)C(CC(=O)Nc4cccc(F)c4)S3)C(c3cccc(Cl)c3)C2)cc1. The lowest BCUT2D eigenvalue weighted by molar-refractivity contribution is -0.121. The standard InChI is InChI=1S/C27H22ClFN4O3S/c1-36-21-10-8-16(9-11-21)22-14-23(17-4-2-5-18(28)12-17)33(32-22)27-31-26(35)24(37-27)15-25(34)30-20-7-3-6-19(29)13-20/h2-13,23-24H,14-15H2,1H3,(H,30,34). The second-order valence-electron chi connectivity index (χ2n) is 8.50. The molecule has 0 radical (unpaired) electrons. The molecule has 2 heterocycles. The van der Waals surface area contributed by atoms with Gasteiger partial charge in [0.1, 0.15) is 16.8 Å². The van der Waals surface area contributed by atoms with Gasteiger partial charge in [0.25, 0.3) is 5.91 Å². The van der Waals surface area contributed by atoms with Crippen LogP contribution in [0.1, 0.15) is 30.0 Å². The maximum absolute atomic E-state index is 13.4. The Kier molecular flexibility index (Phi) is 7.25. The zero-order valence-electron chi connectivity index (χ0n) is 19.7. The summed E-state index contributed by atoms with van der Waals surface area (Å²) in [5, 5.41) is 9.51. The maximum atomic E-state index is 13.4. The molecule has 10 heteroatoms. The molecule has 188 valence electrons. The molecule has 5 rings (SSSR count). The second kappa shape index (κ2) is 10.7. The van der Waals surface area contributed by atoms with Gasteiger partial charge in [-0.3, -0.25) is 9.59 Å². The molecule has 37 heavy (non-hydrogen) atoms. The number of anilines is 1. The number of carbonyl (C=O) groups is 2. The fraction of sp³-hybridized carbons (Fsp3) is 0.185. The average molecular weight is 537 g/mol. The lowest BCUT2D eigenvalue weighted by Crippen LogP contribution is -2.25. The Hall–Kier alpha value is -3.69. The molecule has 0 saturated carbocycles. The molecule has 0 fully saturated rings. The molecule has 0 spiro atoms. The molecule has 2 aliphatic rings. The Morgan fingerprint density at radius 3 is 2.68 bits per heavy atom. The topological polar surface area (TPSA) is 83.4 Å². The number of hydrogen-bond acceptors (Lipinski definition) is 6. The molecule has 7 nitrogen and oxygen atoms in total. The van der Waals surface area contributed by atoms with E-state index in [1.807, 2.05) is 42.5 Å². The molecule has 2 aliphatic heterocycles. The van der Waals surface area contributed by atoms with Gasteiger partial charge in [-0.25, -0.2) is 9.40 Å². The second-order valence-corrected chi connectivity index (χ2v) is 10.1. The zero-order chi connectivity index (χ0) is 25.9. The number of benzene rings is 3. The fourth-order valence-electron chi connectivity index (χ4n) is 4.17. The van der Waals surface area contributed by atoms with Crippen LogP contribution in [0.3, 0.4) is 0 Å². The van der Waals surface area contributed by atoms with Crippen LogP contribution in [0.4, 0.5) is 10.1 Å². The van der Waals surface area contributed by atoms with Crippen molar-refractivity contribution in [1.82, 2.24) is 5.01 Å². The molecular weight excluding hydrogens is 515 g/mol. The van der Waals surface area contributed by atoms with E-state index in [-0.39, 0.29) is 12.5 Å². The highest BCUT2D eigenvalue weighted by molar-refractivity contribution is 8.15. The number of nitrogens with one attached hydrogen (secondary N) is 1. The van der Waals surface area contributed by atoms with Gasteiger partial charge in [0.05, 0.1) is 18.9 Å². The van der Waals surface area contributed by atoms with Gasteiger partial charge in [-0.2, -0.15) is 10.1 Å². The summed E-state index contributed by atoms with van der Waals surface area (Å²) in [4.78, 5) is 29.5. The summed E-state index contributed by atoms with van der Waals surface area (Å²) in [6, 6.07) is 20.5. The van der Waals surface area contributed by atoms with E-state index in [0.717, 1.165) is 22.6 Å². The Bertz CT molecular complexity index is 1410. The number of rotatable bonds is 6. The molecule has 0 aliphatic carbocycles. The van der Waals surface area contributed by atoms with E-state index in [9.17, 15) is 14.0 Å². The summed E-state index contributed by atoms with van der Waals surface area (Å²) in [5.41, 5.74) is 3.02. The van der Waals surface area contributed by atoms with Crippen LogP contribution in [-0.4, -0.2) is 40.1 Å². The number of hydrazone groups is 1. The van der Waals surface area contributed by atoms with Crippen LogP contribution in [0.2, 0.25) is 5.02 Å². The minimum Gasteiger partial charge on any atom is -0.497 e. The lowest BCUT2D eigenvalue weighted by atomic mass is 9.98. The van der Waals surface area contributed by atoms with Gasteiger partial charge < -0.3 is 10.1 Å². The van der Waals surface area contributed by atoms with E-state index in [0.29, 0.717) is 22.3 Å². The number of hydrogen-bond donors (Lipinski definition) is 1. The zero-order valence-corrected chi connectivity index (χ0v) is 21.3. The van der Waals surface area contributed by atoms with Gasteiger partial charge in [-0.1, -0.05) is 41.6 Å². The predicted octanol–water partition coefficient (Wildman–Crippen LogP) is 5.67. The molecule has 0 bridgehead atoms. The molecule has 2 unspecified atom stereocenters. The Morgan fingerprint density at radius 1 is 1.16 bits per heavy atom. The van der Waals surface area contributed by atoms with Crippen molar-refractivity contribution in [3.63, 3.8) is 0 Å². The molecule has 0 saturated heterocycles. The number of amides is 2. The number of nitrogens with zero attached hydrogens (tertiary/aromatic N) is 3. The van der Waals surface area contributed by atoms with Crippen molar-refractivity contribution in [2.75, 3.05) is 12.4 Å². The van der Waals surface area contributed by atoms with Crippen LogP contribution in [0.5, 0.6) is 5.75 Å². The molecule has 3 aromatic rings. The van der Waals surface area contributed by atoms with Crippen molar-refractivity contribution >= 4 is 51.7 Å². The summed E-state index contributed by atoms with van der Waals surface area (Å²) in [6.45, 7) is 0. The minimum atomic E-state index is -0.705. The van der Waals surface area contributed by atoms with Crippen molar-refractivity contribution in [1.29, 1.82) is 0 Å². The normalized spacial score (nSPS) is 19.0. The number of carbonyl (C=O) groups excluding carboxylic acids is 2. The van der Waals surface area contributed by atoms with Crippen LogP contribution < -0.4 is 10.1 Å². The number of methoxy groups -OCH3 is 1. The molecular formula is C27H22ClFN4O3S. The monoisotopic (exact) mass is 536 g/mol. The van der Waals surface area contributed by atoms with E-state index < -0.39 is 22.9 Å². The van der Waals surface area contributed by atoms with Crippen molar-refractivity contribution in [3.05, 3.63) is 94.8 Å². The van der Waals surface area contributed by atoms with Crippen molar-refractivity contribution in [3.8, 4) is 5.75 Å². The smallest absolute Gasteiger partial charge is 0.262 e. The first kappa shape index (κ1) is 25.0. The number of ether oxygens (including phenoxy) is 1. The third kappa shape index (κ3) is 5.68. The van der Waals surface area contributed by atoms with Gasteiger partial charge in [0.2, 0.25) is 5.91 Å². The van der Waals surface area contributed by atoms with Crippen LogP contribution in [0, 0.1) is 5.82 Å². The van der Waals surface area contributed by atoms with Gasteiger partial charge in [-0.15, -0.1) is 0 Å². The highest BCUT2D eigenvalue weighted by Crippen LogP contribution is 2.39. The average Bonchev–Trinajstić information content (AvgIpc) is 3.48. The van der Waals surface area contributed by atoms with Gasteiger partial charge in [-0.05, 0) is 65.7 Å². The highest BCUT2D eigenvalue weighted by Gasteiger charge is 2.39. The number of halogens is 2. The van der Waals surface area contributed by atoms with Gasteiger partial charge in [0.15, 0.2) is 5.17 Å². The Labute approximate surface area is 222 Å². The first-order valence-electron chi connectivity index (χ1n) is 11.5. The quantitative estimate of drug-likeness (QED) is 0.439. The van der Waals surface area contributed by atoms with E-state index >= 15 is 0 Å². The van der Waals surface area contributed by atoms with Crippen LogP contribution in [0.15, 0.2) is 82.9 Å². The van der Waals surface area contributed by atoms with Gasteiger partial charge in [0, 0.05) is 23.6 Å². The summed E-state index contributed by atoms with van der Waals surface area (Å²) in [7, 11) is 1.61. The molecule has 2 amide bonds. The van der Waals surface area contributed by atoms with Crippen molar-refractivity contribution < 1.29 is 18.7 Å². The number of amidine groups is 1. The Morgan fingerprint density at radius 2 is 1.95 bits per heavy atom. The molecule has 1 N–H and O–H groups in total. The van der Waals surface area contributed by atoms with Crippen LogP contribution in [0.25, 0.3) is 0 Å². The summed E-state index contributed by atoms with van der Waals surface area (Å²) in [6.07, 6.45) is 0.475. The van der Waals surface area contributed by atoms with E-state index in [1.165, 1.54) is 30.0 Å². The largest absolute Gasteiger partial charge is 0.497 e. The summed E-state index contributed by atoms with van der Waals surface area (Å²) in [5.74, 6) is -0.525. The lowest BCUT2D eigenvalue weighted by Gasteiger charge is -2.23. The summed E-state index contributed by atoms with van der Waals surface area (Å²) < 4.78 is 18.7. The Balaban J connectivity index is 1.36. The highest BCUT2D eigenvalue weighted by atomic mass is 35.5. The van der Waals surface area contributed by atoms with Crippen molar-refractivity contribution in [2.45, 2.75) is 24.1 Å². The van der Waals surface area contributed by atoms with Gasteiger partial charge >= 0.3 is 0 Å². The predicted molar refractivity (Wildman–Crippen MR) is 144 cm³/mol. The van der Waals surface area contributed by atoms with E-state index in [2.05, 4.69) is 10.3 Å². The van der Waals surface area contributed by atoms with E-state index in [1.54, 1.807) is 24.3 Å². The van der Waals surface area contributed by atoms with Crippen molar-refractivity contribution in [2.24, 2.45) is 10.1 Å². The minimum absolute atomic E-state index is 0.0995. The molecule has 0 aromatic heterocycles. The fourth-order valence-corrected chi connectivity index (χ4v) is 5.43. The van der Waals surface area contributed by atoms with E-state index in [4.69, 9.17) is 21.4 Å². The third-order valence-corrected chi connectivity index (χ3v) is 7.35. The first-order chi connectivity index (χ1) is 17.9. The summed E-state index contributed by atoms with van der Waals surface area (Å²) >= 11 is 7.47. The number of thioether (sulfide) groups is 1. The molecule has 3 aromatic carbocycles. The van der Waals surface area contributed by atoms with Crippen LogP contribution in [-0.2, 0) is 9.59 Å².